The van der Waals surface area contributed by atoms with E-state index in [-0.39, 0.29) is 12.1 Å². The molecule has 2 aromatic carbocycles. The Morgan fingerprint density at radius 3 is 2.60 bits per heavy atom. The summed E-state index contributed by atoms with van der Waals surface area (Å²) in [5.74, 6) is 1.24. The molecule has 1 aliphatic heterocycles. The summed E-state index contributed by atoms with van der Waals surface area (Å²) in [4.78, 5) is 12.4. The van der Waals surface area contributed by atoms with Crippen molar-refractivity contribution in [2.75, 3.05) is 25.6 Å². The summed E-state index contributed by atoms with van der Waals surface area (Å²) in [5, 5.41) is 5.98. The molecular formula is C20H24N2O3. The molecule has 25 heavy (non-hydrogen) atoms. The van der Waals surface area contributed by atoms with E-state index in [4.69, 9.17) is 9.47 Å². The SMILES string of the molecule is COc1ccc(NC(=O)NC(CC2CCOC2)c2ccccc2)cc1. The van der Waals surface area contributed by atoms with Crippen molar-refractivity contribution >= 4 is 11.7 Å². The highest BCUT2D eigenvalue weighted by molar-refractivity contribution is 5.89. The van der Waals surface area contributed by atoms with E-state index in [0.717, 1.165) is 43.1 Å². The van der Waals surface area contributed by atoms with Crippen LogP contribution in [-0.4, -0.2) is 26.4 Å². The molecule has 132 valence electrons. The molecule has 0 bridgehead atoms. The second kappa shape index (κ2) is 8.53. The maximum atomic E-state index is 12.4. The van der Waals surface area contributed by atoms with Crippen molar-refractivity contribution in [1.29, 1.82) is 0 Å². The van der Waals surface area contributed by atoms with Crippen LogP contribution in [0.2, 0.25) is 0 Å². The fourth-order valence-corrected chi connectivity index (χ4v) is 3.07. The summed E-state index contributed by atoms with van der Waals surface area (Å²) in [5.41, 5.74) is 1.84. The van der Waals surface area contributed by atoms with Gasteiger partial charge in [0, 0.05) is 18.9 Å². The zero-order valence-corrected chi connectivity index (χ0v) is 14.4. The van der Waals surface area contributed by atoms with Gasteiger partial charge in [0.2, 0.25) is 0 Å². The van der Waals surface area contributed by atoms with Gasteiger partial charge in [0.05, 0.1) is 13.2 Å². The lowest BCUT2D eigenvalue weighted by molar-refractivity contribution is 0.181. The first-order chi connectivity index (χ1) is 12.2. The number of carbonyl (C=O) groups excluding carboxylic acids is 1. The molecule has 2 aromatic rings. The Hall–Kier alpha value is -2.53. The monoisotopic (exact) mass is 340 g/mol. The molecule has 0 spiro atoms. The topological polar surface area (TPSA) is 59.6 Å². The standard InChI is InChI=1S/C20H24N2O3/c1-24-18-9-7-17(8-10-18)21-20(23)22-19(13-15-11-12-25-14-15)16-5-3-2-4-6-16/h2-10,15,19H,11-14H2,1H3,(H2,21,22,23). The van der Waals surface area contributed by atoms with Crippen LogP contribution in [0.15, 0.2) is 54.6 Å². The smallest absolute Gasteiger partial charge is 0.319 e. The molecule has 1 fully saturated rings. The number of carbonyl (C=O) groups is 1. The lowest BCUT2D eigenvalue weighted by Gasteiger charge is -2.22. The average molecular weight is 340 g/mol. The van der Waals surface area contributed by atoms with Crippen molar-refractivity contribution in [2.45, 2.75) is 18.9 Å². The molecule has 0 saturated carbocycles. The molecular weight excluding hydrogens is 316 g/mol. The lowest BCUT2D eigenvalue weighted by atomic mass is 9.94. The van der Waals surface area contributed by atoms with Crippen molar-refractivity contribution in [3.8, 4) is 5.75 Å². The van der Waals surface area contributed by atoms with Gasteiger partial charge in [-0.1, -0.05) is 30.3 Å². The number of hydrogen-bond donors (Lipinski definition) is 2. The molecule has 5 nitrogen and oxygen atoms in total. The molecule has 1 saturated heterocycles. The second-order valence-corrected chi connectivity index (χ2v) is 6.26. The number of amides is 2. The summed E-state index contributed by atoms with van der Waals surface area (Å²) in [7, 11) is 1.62. The third-order valence-corrected chi connectivity index (χ3v) is 4.45. The Morgan fingerprint density at radius 1 is 1.20 bits per heavy atom. The minimum Gasteiger partial charge on any atom is -0.497 e. The van der Waals surface area contributed by atoms with Gasteiger partial charge in [0.1, 0.15) is 5.75 Å². The van der Waals surface area contributed by atoms with Crippen LogP contribution in [0.5, 0.6) is 5.75 Å². The summed E-state index contributed by atoms with van der Waals surface area (Å²) in [6, 6.07) is 17.1. The molecule has 0 radical (unpaired) electrons. The maximum Gasteiger partial charge on any atom is 0.319 e. The minimum absolute atomic E-state index is 0.0360. The number of nitrogens with one attached hydrogen (secondary N) is 2. The second-order valence-electron chi connectivity index (χ2n) is 6.26. The Labute approximate surface area is 148 Å². The van der Waals surface area contributed by atoms with E-state index in [2.05, 4.69) is 10.6 Å². The summed E-state index contributed by atoms with van der Waals surface area (Å²) >= 11 is 0. The number of hydrogen-bond acceptors (Lipinski definition) is 3. The van der Waals surface area contributed by atoms with Gasteiger partial charge in [-0.05, 0) is 48.6 Å². The molecule has 2 atom stereocenters. The van der Waals surface area contributed by atoms with E-state index < -0.39 is 0 Å². The van der Waals surface area contributed by atoms with Crippen molar-refractivity contribution in [2.24, 2.45) is 5.92 Å². The predicted octanol–water partition coefficient (Wildman–Crippen LogP) is 3.98. The largest absolute Gasteiger partial charge is 0.497 e. The zero-order chi connectivity index (χ0) is 17.5. The first kappa shape index (κ1) is 17.3. The highest BCUT2D eigenvalue weighted by atomic mass is 16.5. The average Bonchev–Trinajstić information content (AvgIpc) is 3.16. The predicted molar refractivity (Wildman–Crippen MR) is 97.9 cm³/mol. The van der Waals surface area contributed by atoms with Crippen molar-refractivity contribution in [1.82, 2.24) is 5.32 Å². The van der Waals surface area contributed by atoms with Gasteiger partial charge in [-0.2, -0.15) is 0 Å². The van der Waals surface area contributed by atoms with Gasteiger partial charge in [0.15, 0.2) is 0 Å². The van der Waals surface area contributed by atoms with Gasteiger partial charge in [0.25, 0.3) is 0 Å². The van der Waals surface area contributed by atoms with Crippen LogP contribution in [0, 0.1) is 5.92 Å². The molecule has 2 amide bonds. The third-order valence-electron chi connectivity index (χ3n) is 4.45. The van der Waals surface area contributed by atoms with E-state index in [1.54, 1.807) is 7.11 Å². The Morgan fingerprint density at radius 2 is 1.96 bits per heavy atom. The Balaban J connectivity index is 1.64. The quantitative estimate of drug-likeness (QED) is 0.836. The molecule has 0 aliphatic carbocycles. The Kier molecular flexibility index (Phi) is 5.90. The zero-order valence-electron chi connectivity index (χ0n) is 14.4. The summed E-state index contributed by atoms with van der Waals surface area (Å²) < 4.78 is 10.6. The molecule has 3 rings (SSSR count). The van der Waals surface area contributed by atoms with Crippen LogP contribution < -0.4 is 15.4 Å². The van der Waals surface area contributed by atoms with Crippen LogP contribution in [0.3, 0.4) is 0 Å². The van der Waals surface area contributed by atoms with Crippen LogP contribution >= 0.6 is 0 Å². The van der Waals surface area contributed by atoms with Gasteiger partial charge in [-0.25, -0.2) is 4.79 Å². The fourth-order valence-electron chi connectivity index (χ4n) is 3.07. The van der Waals surface area contributed by atoms with Crippen molar-refractivity contribution < 1.29 is 14.3 Å². The van der Waals surface area contributed by atoms with Crippen molar-refractivity contribution in [3.63, 3.8) is 0 Å². The minimum atomic E-state index is -0.210. The number of benzene rings is 2. The van der Waals surface area contributed by atoms with Crippen LogP contribution in [-0.2, 0) is 4.74 Å². The van der Waals surface area contributed by atoms with E-state index in [1.165, 1.54) is 0 Å². The first-order valence-electron chi connectivity index (χ1n) is 8.59. The number of ether oxygens (including phenoxy) is 2. The number of methoxy groups -OCH3 is 1. The van der Waals surface area contributed by atoms with Gasteiger partial charge >= 0.3 is 6.03 Å². The maximum absolute atomic E-state index is 12.4. The molecule has 1 aliphatic rings. The molecule has 1 heterocycles. The van der Waals surface area contributed by atoms with E-state index in [9.17, 15) is 4.79 Å². The third kappa shape index (κ3) is 4.97. The molecule has 2 unspecified atom stereocenters. The molecule has 0 aromatic heterocycles. The van der Waals surface area contributed by atoms with Gasteiger partial charge in [-0.3, -0.25) is 0 Å². The van der Waals surface area contributed by atoms with Crippen LogP contribution in [0.1, 0.15) is 24.4 Å². The van der Waals surface area contributed by atoms with Crippen LogP contribution in [0.25, 0.3) is 0 Å². The van der Waals surface area contributed by atoms with Crippen LogP contribution in [0.4, 0.5) is 10.5 Å². The molecule has 2 N–H and O–H groups in total. The summed E-state index contributed by atoms with van der Waals surface area (Å²) in [6.45, 7) is 1.58. The van der Waals surface area contributed by atoms with Gasteiger partial charge in [-0.15, -0.1) is 0 Å². The number of anilines is 1. The summed E-state index contributed by atoms with van der Waals surface area (Å²) in [6.07, 6.45) is 1.92. The van der Waals surface area contributed by atoms with Gasteiger partial charge < -0.3 is 20.1 Å². The highest BCUT2D eigenvalue weighted by Crippen LogP contribution is 2.26. The number of rotatable bonds is 6. The first-order valence-corrected chi connectivity index (χ1v) is 8.59. The van der Waals surface area contributed by atoms with E-state index >= 15 is 0 Å². The van der Waals surface area contributed by atoms with E-state index in [1.807, 2.05) is 54.6 Å². The number of urea groups is 1. The lowest BCUT2D eigenvalue weighted by Crippen LogP contribution is -2.33. The highest BCUT2D eigenvalue weighted by Gasteiger charge is 2.23. The molecule has 5 heteroatoms. The Bertz CT molecular complexity index is 667. The van der Waals surface area contributed by atoms with E-state index in [0.29, 0.717) is 5.92 Å². The van der Waals surface area contributed by atoms with Crippen molar-refractivity contribution in [3.05, 3.63) is 60.2 Å². The fraction of sp³-hybridized carbons (Fsp3) is 0.350. The normalized spacial score (nSPS) is 17.7.